The maximum absolute atomic E-state index is 13.1. The van der Waals surface area contributed by atoms with Crippen molar-refractivity contribution in [2.75, 3.05) is 39.6 Å². The van der Waals surface area contributed by atoms with E-state index in [0.717, 1.165) is 108 Å². The summed E-state index contributed by atoms with van der Waals surface area (Å²) >= 11 is 0. The third-order valence-electron chi connectivity index (χ3n) is 17.9. The van der Waals surface area contributed by atoms with Gasteiger partial charge in [0.25, 0.3) is 0 Å². The maximum Gasteiger partial charge on any atom is 0.472 e. The predicted molar refractivity (Wildman–Crippen MR) is 391 cm³/mol. The van der Waals surface area contributed by atoms with E-state index in [1.165, 1.54) is 205 Å². The lowest BCUT2D eigenvalue weighted by molar-refractivity contribution is -0.161. The van der Waals surface area contributed by atoms with Gasteiger partial charge >= 0.3 is 39.5 Å². The monoisotopic (exact) mass is 1410 g/mol. The topological polar surface area (TPSA) is 237 Å². The van der Waals surface area contributed by atoms with Gasteiger partial charge in [-0.2, -0.15) is 0 Å². The summed E-state index contributed by atoms with van der Waals surface area (Å²) in [5.41, 5.74) is 0. The van der Waals surface area contributed by atoms with Gasteiger partial charge in [-0.3, -0.25) is 37.3 Å². The lowest BCUT2D eigenvalue weighted by atomic mass is 10.0. The lowest BCUT2D eigenvalue weighted by Gasteiger charge is -2.21. The van der Waals surface area contributed by atoms with Crippen LogP contribution in [0.3, 0.4) is 0 Å². The van der Waals surface area contributed by atoms with Crippen LogP contribution in [0.4, 0.5) is 0 Å². The summed E-state index contributed by atoms with van der Waals surface area (Å²) in [6, 6.07) is 0. The molecule has 0 saturated carbocycles. The molecule has 0 aromatic rings. The zero-order valence-electron chi connectivity index (χ0n) is 62.8. The number of rotatable bonds is 75. The first-order chi connectivity index (χ1) is 46.2. The second-order valence-electron chi connectivity index (χ2n) is 29.2. The van der Waals surface area contributed by atoms with Crippen LogP contribution < -0.4 is 0 Å². The molecule has 0 aliphatic carbocycles. The van der Waals surface area contributed by atoms with Crippen molar-refractivity contribution >= 4 is 39.5 Å². The van der Waals surface area contributed by atoms with E-state index in [4.69, 9.17) is 37.0 Å². The van der Waals surface area contributed by atoms with Gasteiger partial charge in [0.05, 0.1) is 26.4 Å². The van der Waals surface area contributed by atoms with E-state index in [2.05, 4.69) is 48.5 Å². The predicted octanol–water partition coefficient (Wildman–Crippen LogP) is 22.6. The number of unbranched alkanes of at least 4 members (excludes halogenated alkanes) is 43. The first-order valence-corrected chi connectivity index (χ1v) is 42.8. The Morgan fingerprint density at radius 3 is 0.708 bits per heavy atom. The zero-order valence-corrected chi connectivity index (χ0v) is 64.6. The van der Waals surface area contributed by atoms with Crippen molar-refractivity contribution in [3.8, 4) is 0 Å². The quantitative estimate of drug-likeness (QED) is 0.0222. The van der Waals surface area contributed by atoms with E-state index in [1.54, 1.807) is 0 Å². The molecule has 0 aromatic heterocycles. The van der Waals surface area contributed by atoms with E-state index in [0.29, 0.717) is 25.7 Å². The molecule has 0 amide bonds. The molecule has 0 bridgehead atoms. The van der Waals surface area contributed by atoms with Gasteiger partial charge in [-0.25, -0.2) is 9.13 Å². The maximum atomic E-state index is 13.1. The minimum Gasteiger partial charge on any atom is -0.462 e. The number of hydrogen-bond donors (Lipinski definition) is 3. The molecule has 17 nitrogen and oxygen atoms in total. The standard InChI is InChI=1S/C77H150O17P2/c1-8-9-10-11-12-13-14-17-25-30-39-46-53-60-76(81)94-73(65-88-75(80)59-52-45-38-33-32-36-43-50-57-70(6)7)67-92-96(85,86)90-63-71(78)62-89-95(83,84)91-66-72(64-87-74(79)58-51-44-37-29-24-21-20-23-28-35-42-49-56-69(4)5)93-77(82)61-54-47-40-31-26-19-16-15-18-22-27-34-41-48-55-68(2)3/h68-73,78H,8-67H2,1-7H3,(H,83,84)(H,85,86)/t71-,72-,73-/m1/s1. The number of aliphatic hydroxyl groups excluding tert-OH is 1. The van der Waals surface area contributed by atoms with Crippen LogP contribution in [-0.4, -0.2) is 96.7 Å². The van der Waals surface area contributed by atoms with E-state index < -0.39 is 97.5 Å². The Balaban J connectivity index is 5.26. The summed E-state index contributed by atoms with van der Waals surface area (Å²) in [4.78, 5) is 72.9. The largest absolute Gasteiger partial charge is 0.472 e. The smallest absolute Gasteiger partial charge is 0.462 e. The molecule has 96 heavy (non-hydrogen) atoms. The second kappa shape index (κ2) is 67.5. The number of esters is 4. The van der Waals surface area contributed by atoms with Crippen LogP contribution >= 0.6 is 15.6 Å². The molecule has 0 fully saturated rings. The van der Waals surface area contributed by atoms with Crippen LogP contribution in [0.15, 0.2) is 0 Å². The molecule has 0 radical (unpaired) electrons. The van der Waals surface area contributed by atoms with Gasteiger partial charge in [-0.1, -0.05) is 344 Å². The molecule has 570 valence electrons. The second-order valence-corrected chi connectivity index (χ2v) is 32.1. The fourth-order valence-electron chi connectivity index (χ4n) is 11.8. The molecule has 0 heterocycles. The number of carbonyl (C=O) groups is 4. The lowest BCUT2D eigenvalue weighted by Crippen LogP contribution is -2.30. The van der Waals surface area contributed by atoms with Crippen LogP contribution in [0.5, 0.6) is 0 Å². The van der Waals surface area contributed by atoms with E-state index in [1.807, 2.05) is 0 Å². The molecular weight excluding hydrogens is 1260 g/mol. The van der Waals surface area contributed by atoms with Crippen molar-refractivity contribution in [3.63, 3.8) is 0 Å². The molecule has 3 N–H and O–H groups in total. The van der Waals surface area contributed by atoms with Crippen LogP contribution in [-0.2, 0) is 65.4 Å². The minimum atomic E-state index is -4.96. The Morgan fingerprint density at radius 1 is 0.281 bits per heavy atom. The Kier molecular flexibility index (Phi) is 66.2. The van der Waals surface area contributed by atoms with E-state index in [-0.39, 0.29) is 25.7 Å². The Bertz CT molecular complexity index is 1870. The van der Waals surface area contributed by atoms with Gasteiger partial charge in [0.15, 0.2) is 12.2 Å². The normalized spacial score (nSPS) is 14.1. The number of hydrogen-bond acceptors (Lipinski definition) is 15. The van der Waals surface area contributed by atoms with Crippen molar-refractivity contribution in [2.45, 2.75) is 414 Å². The van der Waals surface area contributed by atoms with Gasteiger partial charge in [-0.05, 0) is 43.4 Å². The number of aliphatic hydroxyl groups is 1. The number of phosphoric acid groups is 2. The molecule has 19 heteroatoms. The van der Waals surface area contributed by atoms with Gasteiger partial charge in [0.2, 0.25) is 0 Å². The molecule has 0 aliphatic heterocycles. The van der Waals surface area contributed by atoms with Crippen LogP contribution in [0.25, 0.3) is 0 Å². The Labute approximate surface area is 588 Å². The molecule has 0 aromatic carbocycles. The summed E-state index contributed by atoms with van der Waals surface area (Å²) in [6.07, 6.45) is 54.0. The van der Waals surface area contributed by atoms with Crippen molar-refractivity contribution in [2.24, 2.45) is 17.8 Å². The number of ether oxygens (including phenoxy) is 4. The first-order valence-electron chi connectivity index (χ1n) is 39.8. The average molecular weight is 1410 g/mol. The first kappa shape index (κ1) is 94.1. The van der Waals surface area contributed by atoms with Crippen molar-refractivity contribution in [1.29, 1.82) is 0 Å². The highest BCUT2D eigenvalue weighted by Gasteiger charge is 2.30. The third kappa shape index (κ3) is 70.5. The molecule has 2 unspecified atom stereocenters. The number of carbonyl (C=O) groups excluding carboxylic acids is 4. The zero-order chi connectivity index (χ0) is 70.9. The van der Waals surface area contributed by atoms with Crippen LogP contribution in [0, 0.1) is 17.8 Å². The molecular formula is C77H150O17P2. The Hall–Kier alpha value is -1.94. The summed E-state index contributed by atoms with van der Waals surface area (Å²) in [5.74, 6) is 0.188. The van der Waals surface area contributed by atoms with Gasteiger partial charge in [-0.15, -0.1) is 0 Å². The van der Waals surface area contributed by atoms with Gasteiger partial charge in [0, 0.05) is 25.7 Å². The molecule has 0 saturated heterocycles. The fraction of sp³-hybridized carbons (Fsp3) is 0.948. The van der Waals surface area contributed by atoms with E-state index in [9.17, 15) is 43.2 Å². The van der Waals surface area contributed by atoms with E-state index >= 15 is 0 Å². The van der Waals surface area contributed by atoms with Gasteiger partial charge < -0.3 is 33.8 Å². The van der Waals surface area contributed by atoms with Crippen molar-refractivity contribution < 1.29 is 80.2 Å². The van der Waals surface area contributed by atoms with Crippen LogP contribution in [0.1, 0.15) is 395 Å². The highest BCUT2D eigenvalue weighted by atomic mass is 31.2. The summed E-state index contributed by atoms with van der Waals surface area (Å²) < 4.78 is 68.6. The highest BCUT2D eigenvalue weighted by molar-refractivity contribution is 7.47. The highest BCUT2D eigenvalue weighted by Crippen LogP contribution is 2.45. The molecule has 0 aliphatic rings. The average Bonchev–Trinajstić information content (AvgIpc) is 1.07. The fourth-order valence-corrected chi connectivity index (χ4v) is 13.4. The summed E-state index contributed by atoms with van der Waals surface area (Å²) in [6.45, 7) is 11.9. The SMILES string of the molecule is CCCCCCCCCCCCCCCC(=O)O[C@H](COC(=O)CCCCCCCCCCC(C)C)COP(=O)(O)OC[C@H](O)COP(=O)(O)OC[C@@H](COC(=O)CCCCCCCCCCCCCCC(C)C)OC(=O)CCCCCCCCCCCCCCCCC(C)C. The molecule has 0 rings (SSSR count). The summed E-state index contributed by atoms with van der Waals surface area (Å²) in [7, 11) is -9.91. The minimum absolute atomic E-state index is 0.107. The number of phosphoric ester groups is 2. The van der Waals surface area contributed by atoms with Crippen molar-refractivity contribution in [3.05, 3.63) is 0 Å². The van der Waals surface area contributed by atoms with Crippen molar-refractivity contribution in [1.82, 2.24) is 0 Å². The molecule has 0 spiro atoms. The third-order valence-corrected chi connectivity index (χ3v) is 19.8. The summed E-state index contributed by atoms with van der Waals surface area (Å²) in [5, 5.41) is 10.6. The van der Waals surface area contributed by atoms with Crippen LogP contribution in [0.2, 0.25) is 0 Å². The Morgan fingerprint density at radius 2 is 0.479 bits per heavy atom. The van der Waals surface area contributed by atoms with Gasteiger partial charge in [0.1, 0.15) is 19.3 Å². The molecule has 5 atom stereocenters.